The van der Waals surface area contributed by atoms with E-state index >= 15 is 0 Å². The van der Waals surface area contributed by atoms with Crippen LogP contribution in [0.3, 0.4) is 0 Å². The molecule has 0 unspecified atom stereocenters. The summed E-state index contributed by atoms with van der Waals surface area (Å²) in [6.45, 7) is 6.09. The first-order valence-electron chi connectivity index (χ1n) is 8.68. The third kappa shape index (κ3) is 5.21. The van der Waals surface area contributed by atoms with Crippen LogP contribution in [-0.2, 0) is 11.3 Å². The number of halogens is 1. The number of aromatic nitrogens is 1. The van der Waals surface area contributed by atoms with E-state index in [-0.39, 0.29) is 12.1 Å². The molecule has 0 saturated heterocycles. The lowest BCUT2D eigenvalue weighted by atomic mass is 10.2. The zero-order valence-corrected chi connectivity index (χ0v) is 16.8. The van der Waals surface area contributed by atoms with E-state index in [9.17, 15) is 4.79 Å². The second kappa shape index (κ2) is 7.66. The second-order valence-corrected chi connectivity index (χ2v) is 8.30. The van der Waals surface area contributed by atoms with Gasteiger partial charge in [0.1, 0.15) is 17.1 Å². The van der Waals surface area contributed by atoms with Crippen molar-refractivity contribution in [2.45, 2.75) is 51.8 Å². The molecule has 138 valence electrons. The first kappa shape index (κ1) is 18.7. The Balaban J connectivity index is 1.82. The van der Waals surface area contributed by atoms with Crippen molar-refractivity contribution in [2.75, 3.05) is 0 Å². The summed E-state index contributed by atoms with van der Waals surface area (Å²) in [5, 5.41) is 0. The van der Waals surface area contributed by atoms with E-state index in [4.69, 9.17) is 9.47 Å². The molecule has 0 atom stereocenters. The number of carbonyl (C=O) groups is 1. The predicted octanol–water partition coefficient (Wildman–Crippen LogP) is 5.54. The van der Waals surface area contributed by atoms with E-state index in [1.165, 1.54) is 0 Å². The lowest BCUT2D eigenvalue weighted by molar-refractivity contribution is 0.0216. The molecule has 0 spiro atoms. The average Bonchev–Trinajstić information content (AvgIpc) is 3.38. The topological polar surface area (TPSA) is 51.7 Å². The van der Waals surface area contributed by atoms with E-state index < -0.39 is 5.60 Å². The van der Waals surface area contributed by atoms with Gasteiger partial charge in [0.05, 0.1) is 12.7 Å². The highest BCUT2D eigenvalue weighted by Gasteiger charge is 2.35. The minimum absolute atomic E-state index is 0.236. The normalized spacial score (nSPS) is 14.0. The number of benzene rings is 1. The van der Waals surface area contributed by atoms with Gasteiger partial charge in [-0.15, -0.1) is 0 Å². The Kier molecular flexibility index (Phi) is 5.51. The minimum atomic E-state index is -0.515. The molecule has 0 aliphatic heterocycles. The van der Waals surface area contributed by atoms with Crippen LogP contribution in [0.4, 0.5) is 4.79 Å². The van der Waals surface area contributed by atoms with E-state index in [2.05, 4.69) is 20.9 Å². The monoisotopic (exact) mass is 418 g/mol. The fraction of sp³-hybridized carbons (Fsp3) is 0.400. The van der Waals surface area contributed by atoms with Crippen LogP contribution in [0, 0.1) is 0 Å². The molecule has 1 heterocycles. The Morgan fingerprint density at radius 1 is 1.31 bits per heavy atom. The fourth-order valence-corrected chi connectivity index (χ4v) is 2.86. The van der Waals surface area contributed by atoms with Gasteiger partial charge in [0, 0.05) is 22.3 Å². The quantitative estimate of drug-likeness (QED) is 0.639. The Hall–Kier alpha value is -2.08. The number of ether oxygens (including phenoxy) is 2. The minimum Gasteiger partial charge on any atom is -0.455 e. The van der Waals surface area contributed by atoms with Gasteiger partial charge in [0.2, 0.25) is 0 Å². The molecule has 6 heteroatoms. The fourth-order valence-electron chi connectivity index (χ4n) is 2.52. The maximum atomic E-state index is 12.6. The predicted molar refractivity (Wildman–Crippen MR) is 103 cm³/mol. The van der Waals surface area contributed by atoms with Gasteiger partial charge < -0.3 is 14.4 Å². The van der Waals surface area contributed by atoms with Gasteiger partial charge in [-0.05, 0) is 57.9 Å². The zero-order chi connectivity index (χ0) is 18.7. The highest BCUT2D eigenvalue weighted by molar-refractivity contribution is 9.10. The first-order chi connectivity index (χ1) is 12.3. The molecule has 3 rings (SSSR count). The molecule has 1 aromatic heterocycles. The molecule has 26 heavy (non-hydrogen) atoms. The summed E-state index contributed by atoms with van der Waals surface area (Å²) in [5.74, 6) is 1.35. The van der Waals surface area contributed by atoms with Crippen LogP contribution in [0.5, 0.6) is 11.5 Å². The summed E-state index contributed by atoms with van der Waals surface area (Å²) in [5.41, 5.74) is 0.411. The maximum absolute atomic E-state index is 12.6. The molecule has 1 aromatic carbocycles. The molecule has 1 saturated carbocycles. The highest BCUT2D eigenvalue weighted by Crippen LogP contribution is 2.34. The van der Waals surface area contributed by atoms with Crippen molar-refractivity contribution in [1.82, 2.24) is 9.88 Å². The van der Waals surface area contributed by atoms with Crippen LogP contribution in [0.15, 0.2) is 47.2 Å². The number of nitrogens with zero attached hydrogens (tertiary/aromatic N) is 2. The first-order valence-corrected chi connectivity index (χ1v) is 9.47. The number of carbonyl (C=O) groups excluding carboxylic acids is 1. The molecule has 1 aliphatic carbocycles. The van der Waals surface area contributed by atoms with Gasteiger partial charge in [-0.2, -0.15) is 0 Å². The van der Waals surface area contributed by atoms with Crippen molar-refractivity contribution in [3.63, 3.8) is 0 Å². The second-order valence-electron chi connectivity index (χ2n) is 7.38. The SMILES string of the molecule is CC(C)(C)OC(=O)N(Cc1ccc(Br)cc1Oc1cccnc1)C1CC1. The van der Waals surface area contributed by atoms with E-state index in [0.29, 0.717) is 18.0 Å². The molecule has 2 aromatic rings. The van der Waals surface area contributed by atoms with Gasteiger partial charge >= 0.3 is 6.09 Å². The highest BCUT2D eigenvalue weighted by atomic mass is 79.9. The number of amides is 1. The van der Waals surface area contributed by atoms with Crippen molar-refractivity contribution >= 4 is 22.0 Å². The molecule has 0 bridgehead atoms. The zero-order valence-electron chi connectivity index (χ0n) is 15.2. The van der Waals surface area contributed by atoms with Crippen LogP contribution >= 0.6 is 15.9 Å². The van der Waals surface area contributed by atoms with E-state index in [1.807, 2.05) is 51.1 Å². The molecule has 5 nitrogen and oxygen atoms in total. The van der Waals surface area contributed by atoms with Gasteiger partial charge in [0.25, 0.3) is 0 Å². The smallest absolute Gasteiger partial charge is 0.410 e. The van der Waals surface area contributed by atoms with Gasteiger partial charge in [-0.1, -0.05) is 22.0 Å². The summed E-state index contributed by atoms with van der Waals surface area (Å²) < 4.78 is 12.5. The van der Waals surface area contributed by atoms with Crippen molar-refractivity contribution < 1.29 is 14.3 Å². The standard InChI is InChI=1S/C20H23BrN2O3/c1-20(2,3)26-19(24)23(16-8-9-16)13-14-6-7-15(21)11-18(14)25-17-5-4-10-22-12-17/h4-7,10-12,16H,8-9,13H2,1-3H3. The van der Waals surface area contributed by atoms with Gasteiger partial charge in [-0.25, -0.2) is 4.79 Å². The maximum Gasteiger partial charge on any atom is 0.410 e. The van der Waals surface area contributed by atoms with Crippen molar-refractivity contribution in [3.05, 3.63) is 52.8 Å². The van der Waals surface area contributed by atoms with Crippen LogP contribution in [0.1, 0.15) is 39.2 Å². The van der Waals surface area contributed by atoms with Crippen molar-refractivity contribution in [1.29, 1.82) is 0 Å². The Morgan fingerprint density at radius 3 is 2.69 bits per heavy atom. The Labute approximate surface area is 162 Å². The van der Waals surface area contributed by atoms with Crippen LogP contribution < -0.4 is 4.74 Å². The molecule has 1 amide bonds. The van der Waals surface area contributed by atoms with Gasteiger partial charge in [-0.3, -0.25) is 4.98 Å². The van der Waals surface area contributed by atoms with Crippen molar-refractivity contribution in [2.24, 2.45) is 0 Å². The number of pyridine rings is 1. The summed E-state index contributed by atoms with van der Waals surface area (Å²) in [4.78, 5) is 18.5. The molecule has 1 aliphatic rings. The number of hydrogen-bond acceptors (Lipinski definition) is 4. The van der Waals surface area contributed by atoms with Crippen molar-refractivity contribution in [3.8, 4) is 11.5 Å². The molecule has 0 N–H and O–H groups in total. The number of rotatable bonds is 5. The van der Waals surface area contributed by atoms with Crippen LogP contribution in [-0.4, -0.2) is 27.6 Å². The Bertz CT molecular complexity index is 770. The summed E-state index contributed by atoms with van der Waals surface area (Å²) >= 11 is 3.49. The van der Waals surface area contributed by atoms with Gasteiger partial charge in [0.15, 0.2) is 0 Å². The lowest BCUT2D eigenvalue weighted by Gasteiger charge is -2.28. The third-order valence-corrected chi connectivity index (χ3v) is 4.34. The van der Waals surface area contributed by atoms with E-state index in [0.717, 1.165) is 22.9 Å². The lowest BCUT2D eigenvalue weighted by Crippen LogP contribution is -2.37. The summed E-state index contributed by atoms with van der Waals surface area (Å²) in [6.07, 6.45) is 5.10. The summed E-state index contributed by atoms with van der Waals surface area (Å²) in [7, 11) is 0. The number of hydrogen-bond donors (Lipinski definition) is 0. The molecular formula is C20H23BrN2O3. The molecule has 1 fully saturated rings. The Morgan fingerprint density at radius 2 is 2.08 bits per heavy atom. The largest absolute Gasteiger partial charge is 0.455 e. The van der Waals surface area contributed by atoms with Crippen LogP contribution in [0.25, 0.3) is 0 Å². The molecule has 0 radical (unpaired) electrons. The molecular weight excluding hydrogens is 396 g/mol. The van der Waals surface area contributed by atoms with Crippen LogP contribution in [0.2, 0.25) is 0 Å². The third-order valence-electron chi connectivity index (χ3n) is 3.85. The average molecular weight is 419 g/mol. The summed E-state index contributed by atoms with van der Waals surface area (Å²) in [6, 6.07) is 9.73. The van der Waals surface area contributed by atoms with E-state index in [1.54, 1.807) is 17.3 Å².